The molecule has 0 fully saturated rings. The number of hydrogen-bond acceptors (Lipinski definition) is 6. The van der Waals surface area contributed by atoms with Crippen molar-refractivity contribution < 1.29 is 20.4 Å². The van der Waals surface area contributed by atoms with E-state index in [9.17, 15) is 10.2 Å². The fourth-order valence-electron chi connectivity index (χ4n) is 1.13. The van der Waals surface area contributed by atoms with E-state index in [1.54, 1.807) is 0 Å². The summed E-state index contributed by atoms with van der Waals surface area (Å²) in [5.74, 6) is 1.20. The van der Waals surface area contributed by atoms with E-state index in [0.717, 1.165) is 0 Å². The summed E-state index contributed by atoms with van der Waals surface area (Å²) in [7, 11) is 3.63. The zero-order valence-electron chi connectivity index (χ0n) is 10.3. The monoisotopic (exact) mass is 392 g/mol. The Bertz CT molecular complexity index is 162. The van der Waals surface area contributed by atoms with Gasteiger partial charge in [0.05, 0.1) is 0 Å². The fraction of sp³-hybridized carbons (Fsp3) is 1.00. The third-order valence-corrected chi connectivity index (χ3v) is 24.9. The second-order valence-corrected chi connectivity index (χ2v) is 24.7. The molecule has 0 aliphatic heterocycles. The molecule has 0 aromatic rings. The normalized spacial score (nSPS) is 16.8. The molecule has 0 bridgehead atoms. The molecule has 0 saturated heterocycles. The van der Waals surface area contributed by atoms with Crippen molar-refractivity contribution in [3.05, 3.63) is 0 Å². The summed E-state index contributed by atoms with van der Waals surface area (Å²) in [6.45, 7) is 1.80. The average molecular weight is 391 g/mol. The van der Waals surface area contributed by atoms with Crippen LogP contribution in [0.1, 0.15) is 19.8 Å². The van der Waals surface area contributed by atoms with E-state index in [4.69, 9.17) is 10.2 Å². The molecule has 2 atom stereocenters. The van der Waals surface area contributed by atoms with Crippen LogP contribution in [0.5, 0.6) is 0 Å². The maximum atomic E-state index is 9.32. The van der Waals surface area contributed by atoms with Gasteiger partial charge in [0.1, 0.15) is 0 Å². The topological polar surface area (TPSA) is 80.9 Å². The number of hydrogen-bond donors (Lipinski definition) is 4. The summed E-state index contributed by atoms with van der Waals surface area (Å²) in [4.78, 5) is 0. The van der Waals surface area contributed by atoms with Crippen LogP contribution >= 0.6 is 17.9 Å². The summed E-state index contributed by atoms with van der Waals surface area (Å²) >= 11 is -1.82. The van der Waals surface area contributed by atoms with E-state index in [-0.39, 0.29) is 13.2 Å². The quantitative estimate of drug-likeness (QED) is 0.377. The molecule has 17 heavy (non-hydrogen) atoms. The summed E-state index contributed by atoms with van der Waals surface area (Å²) in [5.41, 5.74) is 0. The van der Waals surface area contributed by atoms with Crippen molar-refractivity contribution in [2.24, 2.45) is 0 Å². The molecule has 7 heteroatoms. The fourth-order valence-corrected chi connectivity index (χ4v) is 23.3. The second kappa shape index (κ2) is 12.4. The Balaban J connectivity index is 3.86. The van der Waals surface area contributed by atoms with E-state index in [2.05, 4.69) is 6.92 Å². The Morgan fingerprint density at radius 1 is 1.00 bits per heavy atom. The van der Waals surface area contributed by atoms with Crippen LogP contribution in [0.25, 0.3) is 0 Å². The molecule has 0 aliphatic rings. The molecule has 0 amide bonds. The zero-order valence-corrected chi connectivity index (χ0v) is 15.2. The molecule has 4 nitrogen and oxygen atoms in total. The Kier molecular flexibility index (Phi) is 13.4. The molecular formula is C10H24O4S2Sn. The van der Waals surface area contributed by atoms with Crippen molar-refractivity contribution in [2.45, 2.75) is 36.4 Å². The van der Waals surface area contributed by atoms with Crippen LogP contribution in [0.15, 0.2) is 0 Å². The van der Waals surface area contributed by atoms with Gasteiger partial charge in [0.2, 0.25) is 0 Å². The van der Waals surface area contributed by atoms with Crippen LogP contribution in [0.4, 0.5) is 0 Å². The van der Waals surface area contributed by atoms with Gasteiger partial charge >= 0.3 is 116 Å². The number of aliphatic hydroxyl groups excluding tert-OH is 4. The molecular weight excluding hydrogens is 367 g/mol. The van der Waals surface area contributed by atoms with Crippen molar-refractivity contribution in [3.8, 4) is 0 Å². The maximum absolute atomic E-state index is 9.32. The third-order valence-electron chi connectivity index (χ3n) is 2.16. The minimum absolute atomic E-state index is 0.177. The summed E-state index contributed by atoms with van der Waals surface area (Å²) in [6, 6.07) is 0. The Labute approximate surface area is 116 Å². The van der Waals surface area contributed by atoms with Crippen molar-refractivity contribution in [2.75, 3.05) is 24.7 Å². The average Bonchev–Trinajstić information content (AvgIpc) is 2.36. The van der Waals surface area contributed by atoms with Gasteiger partial charge in [0.15, 0.2) is 0 Å². The number of unbranched alkanes of at least 4 members (excludes halogenated alkanes) is 1. The third kappa shape index (κ3) is 10.9. The number of aliphatic hydroxyl groups is 4. The van der Waals surface area contributed by atoms with E-state index in [1.807, 2.05) is 17.9 Å². The summed E-state index contributed by atoms with van der Waals surface area (Å²) < 4.78 is 1.23. The second-order valence-electron chi connectivity index (χ2n) is 3.91. The molecule has 0 rings (SSSR count). The SMILES string of the molecule is CCC[CH2][SnH]([S]CC(O)CO)[S]CC(O)CO. The molecule has 0 aromatic heterocycles. The van der Waals surface area contributed by atoms with Crippen LogP contribution < -0.4 is 0 Å². The first kappa shape index (κ1) is 18.3. The van der Waals surface area contributed by atoms with Crippen LogP contribution in [0, 0.1) is 0 Å². The molecule has 4 N–H and O–H groups in total. The first-order valence-electron chi connectivity index (χ1n) is 5.95. The molecule has 2 unspecified atom stereocenters. The van der Waals surface area contributed by atoms with Gasteiger partial charge in [0, 0.05) is 0 Å². The van der Waals surface area contributed by atoms with E-state index >= 15 is 0 Å². The molecule has 0 radical (unpaired) electrons. The van der Waals surface area contributed by atoms with Crippen molar-refractivity contribution in [3.63, 3.8) is 0 Å². The van der Waals surface area contributed by atoms with Gasteiger partial charge < -0.3 is 0 Å². The standard InChI is InChI=1S/C4H9.2C3H8O2S.Sn.H/c1-3-4-2;2*4-1-3(5)2-6;;/h1,3-4H2,2H3;2*3-6H,1-2H2;;/q;;;+2;/p-2. The van der Waals surface area contributed by atoms with Crippen LogP contribution in [-0.2, 0) is 0 Å². The Morgan fingerprint density at radius 2 is 1.47 bits per heavy atom. The first-order valence-corrected chi connectivity index (χ1v) is 18.4. The summed E-state index contributed by atoms with van der Waals surface area (Å²) in [5, 5.41) is 36.2. The minimum atomic E-state index is -1.82. The van der Waals surface area contributed by atoms with Crippen molar-refractivity contribution in [1.29, 1.82) is 0 Å². The van der Waals surface area contributed by atoms with Crippen molar-refractivity contribution >= 4 is 34.9 Å². The molecule has 0 heterocycles. The molecule has 0 saturated carbocycles. The first-order chi connectivity index (χ1) is 8.13. The van der Waals surface area contributed by atoms with Crippen LogP contribution in [0.3, 0.4) is 0 Å². The van der Waals surface area contributed by atoms with Crippen LogP contribution in [-0.4, -0.2) is 74.3 Å². The molecule has 104 valence electrons. The van der Waals surface area contributed by atoms with Gasteiger partial charge in [0.25, 0.3) is 0 Å². The van der Waals surface area contributed by atoms with Crippen LogP contribution in [0.2, 0.25) is 4.44 Å². The van der Waals surface area contributed by atoms with Gasteiger partial charge in [-0.05, 0) is 0 Å². The predicted molar refractivity (Wildman–Crippen MR) is 78.0 cm³/mol. The Morgan fingerprint density at radius 3 is 1.82 bits per heavy atom. The van der Waals surface area contributed by atoms with Gasteiger partial charge in [-0.25, -0.2) is 0 Å². The van der Waals surface area contributed by atoms with E-state index in [1.165, 1.54) is 17.3 Å². The zero-order chi connectivity index (χ0) is 13.1. The molecule has 0 spiro atoms. The van der Waals surface area contributed by atoms with Crippen molar-refractivity contribution in [1.82, 2.24) is 0 Å². The molecule has 0 aliphatic carbocycles. The van der Waals surface area contributed by atoms with Gasteiger partial charge in [-0.1, -0.05) is 0 Å². The summed E-state index contributed by atoms with van der Waals surface area (Å²) in [6.07, 6.45) is 1.12. The van der Waals surface area contributed by atoms with E-state index < -0.39 is 29.2 Å². The van der Waals surface area contributed by atoms with E-state index in [0.29, 0.717) is 11.5 Å². The van der Waals surface area contributed by atoms with Gasteiger partial charge in [-0.3, -0.25) is 0 Å². The van der Waals surface area contributed by atoms with Gasteiger partial charge in [-0.2, -0.15) is 0 Å². The molecule has 0 aromatic carbocycles. The predicted octanol–water partition coefficient (Wildman–Crippen LogP) is 0.180. The Hall–Kier alpha value is 1.34. The number of rotatable bonds is 11. The van der Waals surface area contributed by atoms with Gasteiger partial charge in [-0.15, -0.1) is 0 Å².